The van der Waals surface area contributed by atoms with Gasteiger partial charge in [0.25, 0.3) is 0 Å². The van der Waals surface area contributed by atoms with E-state index in [-0.39, 0.29) is 5.91 Å². The fourth-order valence-electron chi connectivity index (χ4n) is 2.15. The lowest BCUT2D eigenvalue weighted by atomic mass is 9.93. The quantitative estimate of drug-likeness (QED) is 0.814. The fraction of sp³-hybridized carbons (Fsp3) is 0.571. The van der Waals surface area contributed by atoms with Crippen LogP contribution in [0.15, 0.2) is 12.3 Å². The molecule has 1 aromatic heterocycles. The fourth-order valence-corrected chi connectivity index (χ4v) is 2.15. The summed E-state index contributed by atoms with van der Waals surface area (Å²) in [6.07, 6.45) is 1.65. The molecule has 0 unspecified atom stereocenters. The number of aromatic nitrogens is 2. The average Bonchev–Trinajstić information content (AvgIpc) is 2.54. The van der Waals surface area contributed by atoms with Gasteiger partial charge in [0.1, 0.15) is 5.41 Å². The molecule has 0 aliphatic carbocycles. The van der Waals surface area contributed by atoms with Crippen molar-refractivity contribution in [1.29, 1.82) is 5.26 Å². The van der Waals surface area contributed by atoms with Crippen molar-refractivity contribution in [3.8, 4) is 11.9 Å². The van der Waals surface area contributed by atoms with Crippen LogP contribution in [0.5, 0.6) is 5.88 Å². The number of amides is 1. The molecule has 112 valence electrons. The first kappa shape index (κ1) is 15.0. The Balaban J connectivity index is 2.00. The van der Waals surface area contributed by atoms with Gasteiger partial charge in [-0.05, 0) is 13.8 Å². The van der Waals surface area contributed by atoms with Crippen molar-refractivity contribution in [2.75, 3.05) is 38.2 Å². The molecule has 1 saturated heterocycles. The van der Waals surface area contributed by atoms with E-state index in [4.69, 9.17) is 10.00 Å². The number of ether oxygens (including phenoxy) is 1. The first-order chi connectivity index (χ1) is 9.97. The predicted molar refractivity (Wildman–Crippen MR) is 76.8 cm³/mol. The Hall–Kier alpha value is -2.36. The maximum absolute atomic E-state index is 12.2. The number of nitrogens with zero attached hydrogens (tertiary/aromatic N) is 5. The normalized spacial score (nSPS) is 15.5. The molecule has 21 heavy (non-hydrogen) atoms. The van der Waals surface area contributed by atoms with Gasteiger partial charge in [0.05, 0.1) is 13.2 Å². The van der Waals surface area contributed by atoms with Crippen LogP contribution in [-0.2, 0) is 4.79 Å². The van der Waals surface area contributed by atoms with E-state index < -0.39 is 5.41 Å². The highest BCUT2D eigenvalue weighted by Crippen LogP contribution is 2.20. The minimum atomic E-state index is -0.978. The highest BCUT2D eigenvalue weighted by molar-refractivity contribution is 5.84. The molecule has 0 aromatic carbocycles. The average molecular weight is 289 g/mol. The van der Waals surface area contributed by atoms with E-state index in [1.807, 2.05) is 4.90 Å². The van der Waals surface area contributed by atoms with Crippen LogP contribution in [0.1, 0.15) is 13.8 Å². The Morgan fingerprint density at radius 2 is 2.05 bits per heavy atom. The maximum Gasteiger partial charge on any atom is 0.242 e. The molecule has 0 atom stereocenters. The Morgan fingerprint density at radius 1 is 1.38 bits per heavy atom. The molecule has 0 saturated carbocycles. The molecule has 0 spiro atoms. The van der Waals surface area contributed by atoms with Crippen LogP contribution in [0.2, 0.25) is 0 Å². The molecule has 1 aliphatic rings. The molecule has 0 N–H and O–H groups in total. The molecule has 1 aliphatic heterocycles. The highest BCUT2D eigenvalue weighted by Gasteiger charge is 2.34. The largest absolute Gasteiger partial charge is 0.481 e. The van der Waals surface area contributed by atoms with Crippen LogP contribution in [0.3, 0.4) is 0 Å². The number of rotatable bonds is 3. The van der Waals surface area contributed by atoms with Crippen LogP contribution in [0.4, 0.5) is 5.95 Å². The lowest BCUT2D eigenvalue weighted by molar-refractivity contribution is -0.137. The summed E-state index contributed by atoms with van der Waals surface area (Å²) in [5.74, 6) is 0.987. The van der Waals surface area contributed by atoms with Gasteiger partial charge in [0, 0.05) is 38.4 Å². The van der Waals surface area contributed by atoms with Crippen LogP contribution >= 0.6 is 0 Å². The third-order valence-corrected chi connectivity index (χ3v) is 3.49. The van der Waals surface area contributed by atoms with E-state index >= 15 is 0 Å². The minimum absolute atomic E-state index is 0.129. The molecular formula is C14H19N5O2. The van der Waals surface area contributed by atoms with Gasteiger partial charge in [-0.15, -0.1) is 0 Å². The Bertz CT molecular complexity index is 559. The first-order valence-corrected chi connectivity index (χ1v) is 6.80. The lowest BCUT2D eigenvalue weighted by Gasteiger charge is -2.36. The van der Waals surface area contributed by atoms with Crippen molar-refractivity contribution in [3.63, 3.8) is 0 Å². The molecule has 1 fully saturated rings. The highest BCUT2D eigenvalue weighted by atomic mass is 16.5. The van der Waals surface area contributed by atoms with E-state index in [1.54, 1.807) is 38.1 Å². The molecule has 1 amide bonds. The smallest absolute Gasteiger partial charge is 0.242 e. The van der Waals surface area contributed by atoms with E-state index in [0.29, 0.717) is 38.0 Å². The molecule has 0 bridgehead atoms. The number of carbonyl (C=O) groups is 1. The number of methoxy groups -OCH3 is 1. The summed E-state index contributed by atoms with van der Waals surface area (Å²) in [5, 5.41) is 9.04. The van der Waals surface area contributed by atoms with Crippen molar-refractivity contribution in [1.82, 2.24) is 14.9 Å². The van der Waals surface area contributed by atoms with Crippen LogP contribution in [0, 0.1) is 16.7 Å². The van der Waals surface area contributed by atoms with Gasteiger partial charge in [0.15, 0.2) is 0 Å². The second-order valence-electron chi connectivity index (χ2n) is 5.42. The molecule has 2 heterocycles. The van der Waals surface area contributed by atoms with Crippen molar-refractivity contribution in [3.05, 3.63) is 12.3 Å². The SMILES string of the molecule is COc1ccnc(N2CCN(C(=O)C(C)(C)C#N)CC2)n1. The third-order valence-electron chi connectivity index (χ3n) is 3.49. The van der Waals surface area contributed by atoms with Gasteiger partial charge in [-0.3, -0.25) is 4.79 Å². The molecule has 1 aromatic rings. The Morgan fingerprint density at radius 3 is 2.62 bits per heavy atom. The van der Waals surface area contributed by atoms with E-state index in [9.17, 15) is 4.79 Å². The van der Waals surface area contributed by atoms with Crippen LogP contribution in [-0.4, -0.2) is 54.1 Å². The van der Waals surface area contributed by atoms with Crippen molar-refractivity contribution < 1.29 is 9.53 Å². The van der Waals surface area contributed by atoms with Crippen LogP contribution < -0.4 is 9.64 Å². The Kier molecular flexibility index (Phi) is 4.26. The number of carbonyl (C=O) groups excluding carboxylic acids is 1. The van der Waals surface area contributed by atoms with Gasteiger partial charge >= 0.3 is 0 Å². The number of piperazine rings is 1. The van der Waals surface area contributed by atoms with Gasteiger partial charge < -0.3 is 14.5 Å². The number of anilines is 1. The molecule has 7 heteroatoms. The van der Waals surface area contributed by atoms with E-state index in [0.717, 1.165) is 0 Å². The second kappa shape index (κ2) is 5.95. The summed E-state index contributed by atoms with van der Waals surface area (Å²) in [7, 11) is 1.56. The van der Waals surface area contributed by atoms with E-state index in [1.165, 1.54) is 0 Å². The zero-order chi connectivity index (χ0) is 15.5. The molecular weight excluding hydrogens is 270 g/mol. The lowest BCUT2D eigenvalue weighted by Crippen LogP contribution is -2.52. The van der Waals surface area contributed by atoms with Gasteiger partial charge in [-0.2, -0.15) is 10.2 Å². The molecule has 0 radical (unpaired) electrons. The second-order valence-corrected chi connectivity index (χ2v) is 5.42. The van der Waals surface area contributed by atoms with Crippen LogP contribution in [0.25, 0.3) is 0 Å². The van der Waals surface area contributed by atoms with Crippen molar-refractivity contribution in [2.45, 2.75) is 13.8 Å². The summed E-state index contributed by atoms with van der Waals surface area (Å²) >= 11 is 0. The summed E-state index contributed by atoms with van der Waals surface area (Å²) in [6, 6.07) is 3.74. The van der Waals surface area contributed by atoms with Crippen molar-refractivity contribution >= 4 is 11.9 Å². The van der Waals surface area contributed by atoms with Gasteiger partial charge in [0.2, 0.25) is 17.7 Å². The maximum atomic E-state index is 12.2. The summed E-state index contributed by atoms with van der Waals surface area (Å²) < 4.78 is 5.09. The predicted octanol–water partition coefficient (Wildman–Crippen LogP) is 0.684. The number of nitriles is 1. The van der Waals surface area contributed by atoms with E-state index in [2.05, 4.69) is 16.0 Å². The topological polar surface area (TPSA) is 82.4 Å². The van der Waals surface area contributed by atoms with Crippen molar-refractivity contribution in [2.24, 2.45) is 5.41 Å². The van der Waals surface area contributed by atoms with Gasteiger partial charge in [-0.1, -0.05) is 0 Å². The zero-order valence-electron chi connectivity index (χ0n) is 12.5. The molecule has 7 nitrogen and oxygen atoms in total. The number of hydrogen-bond acceptors (Lipinski definition) is 6. The zero-order valence-corrected chi connectivity index (χ0v) is 12.5. The molecule has 2 rings (SSSR count). The standard InChI is InChI=1S/C14H19N5O2/c1-14(2,10-15)12(20)18-6-8-19(9-7-18)13-16-5-4-11(17-13)21-3/h4-5H,6-9H2,1-3H3. The minimum Gasteiger partial charge on any atom is -0.481 e. The number of hydrogen-bond donors (Lipinski definition) is 0. The monoisotopic (exact) mass is 289 g/mol. The third kappa shape index (κ3) is 3.21. The Labute approximate surface area is 124 Å². The summed E-state index contributed by atoms with van der Waals surface area (Å²) in [6.45, 7) is 5.69. The first-order valence-electron chi connectivity index (χ1n) is 6.80. The van der Waals surface area contributed by atoms with Gasteiger partial charge in [-0.25, -0.2) is 4.98 Å². The summed E-state index contributed by atoms with van der Waals surface area (Å²) in [4.78, 5) is 24.5. The summed E-state index contributed by atoms with van der Waals surface area (Å²) in [5.41, 5.74) is -0.978.